The molecule has 0 aliphatic rings. The van der Waals surface area contributed by atoms with Gasteiger partial charge in [0.15, 0.2) is 0 Å². The first-order chi connectivity index (χ1) is 26.3. The summed E-state index contributed by atoms with van der Waals surface area (Å²) >= 11 is 1.75. The monoisotopic (exact) mass is 693 g/mol. The van der Waals surface area contributed by atoms with Crippen LogP contribution in [0.5, 0.6) is 0 Å². The molecule has 246 valence electrons. The molecule has 12 aromatic rings. The Kier molecular flexibility index (Phi) is 5.90. The second-order valence-electron chi connectivity index (χ2n) is 13.7. The molecule has 0 fully saturated rings. The fraction of sp³-hybridized carbons (Fsp3) is 0. The van der Waals surface area contributed by atoms with Gasteiger partial charge in [-0.25, -0.2) is 9.97 Å². The minimum Gasteiger partial charge on any atom is -0.455 e. The van der Waals surface area contributed by atoms with Crippen LogP contribution in [0.15, 0.2) is 168 Å². The van der Waals surface area contributed by atoms with E-state index in [1.54, 1.807) is 11.3 Å². The maximum Gasteiger partial charge on any atom is 0.235 e. The van der Waals surface area contributed by atoms with Gasteiger partial charge >= 0.3 is 0 Å². The fourth-order valence-corrected chi connectivity index (χ4v) is 9.55. The summed E-state index contributed by atoms with van der Waals surface area (Å²) in [7, 11) is 0. The second-order valence-corrected chi connectivity index (χ2v) is 14.8. The number of thiophene rings is 1. The third-order valence-electron chi connectivity index (χ3n) is 10.8. The molecular weight excluding hydrogens is 667 g/mol. The summed E-state index contributed by atoms with van der Waals surface area (Å²) in [6.45, 7) is 0. The standard InChI is InChI=1S/C48H27N3OS/c1-2-12-29(13-3-1)44-47-45(37-23-21-32(27-42(37)53-47)34-18-10-19-36-35-17-8-9-20-41(35)52-46(34)36)50-48(49-44)51-39-24-22-28-11-6-7-16-33(28)43(39)38-25-30-14-4-5-15-31(30)26-40(38)51/h1-27H. The molecule has 0 spiro atoms. The highest BCUT2D eigenvalue weighted by Gasteiger charge is 2.22. The molecule has 0 bridgehead atoms. The number of nitrogens with zero attached hydrogens (tertiary/aromatic N) is 3. The summed E-state index contributed by atoms with van der Waals surface area (Å²) in [5, 5.41) is 10.6. The molecule has 0 saturated carbocycles. The van der Waals surface area contributed by atoms with Gasteiger partial charge in [-0.3, -0.25) is 4.57 Å². The fourth-order valence-electron chi connectivity index (χ4n) is 8.35. The van der Waals surface area contributed by atoms with Crippen LogP contribution in [-0.4, -0.2) is 14.5 Å². The summed E-state index contributed by atoms with van der Waals surface area (Å²) in [4.78, 5) is 10.9. The first-order valence-corrected chi connectivity index (χ1v) is 18.6. The molecule has 12 rings (SSSR count). The van der Waals surface area contributed by atoms with E-state index in [9.17, 15) is 0 Å². The average molecular weight is 694 g/mol. The highest BCUT2D eigenvalue weighted by atomic mass is 32.1. The Labute approximate surface area is 306 Å². The largest absolute Gasteiger partial charge is 0.455 e. The Balaban J connectivity index is 1.16. The van der Waals surface area contributed by atoms with E-state index in [1.165, 1.54) is 32.3 Å². The molecule has 4 heterocycles. The maximum absolute atomic E-state index is 6.45. The molecular formula is C48H27N3OS. The van der Waals surface area contributed by atoms with E-state index in [4.69, 9.17) is 14.4 Å². The van der Waals surface area contributed by atoms with Crippen molar-refractivity contribution in [1.29, 1.82) is 0 Å². The quantitative estimate of drug-likeness (QED) is 0.185. The van der Waals surface area contributed by atoms with Crippen LogP contribution < -0.4 is 0 Å². The third-order valence-corrected chi connectivity index (χ3v) is 11.9. The molecule has 4 aromatic heterocycles. The van der Waals surface area contributed by atoms with Crippen LogP contribution in [0.1, 0.15) is 0 Å². The average Bonchev–Trinajstić information content (AvgIpc) is 3.89. The number of fused-ring (bicyclic) bond motifs is 12. The van der Waals surface area contributed by atoms with E-state index in [2.05, 4.69) is 156 Å². The Morgan fingerprint density at radius 1 is 0.491 bits per heavy atom. The molecule has 0 aliphatic heterocycles. The van der Waals surface area contributed by atoms with Crippen molar-refractivity contribution >= 4 is 96.9 Å². The molecule has 0 atom stereocenters. The predicted molar refractivity (Wildman–Crippen MR) is 222 cm³/mol. The van der Waals surface area contributed by atoms with Gasteiger partial charge in [0.2, 0.25) is 5.95 Å². The summed E-state index contributed by atoms with van der Waals surface area (Å²) in [5.74, 6) is 0.665. The number of hydrogen-bond donors (Lipinski definition) is 0. The van der Waals surface area contributed by atoms with E-state index in [-0.39, 0.29) is 0 Å². The van der Waals surface area contributed by atoms with Crippen LogP contribution in [0.3, 0.4) is 0 Å². The molecule has 0 saturated heterocycles. The predicted octanol–water partition coefficient (Wildman–Crippen LogP) is 13.5. The highest BCUT2D eigenvalue weighted by molar-refractivity contribution is 7.26. The number of benzene rings is 8. The van der Waals surface area contributed by atoms with Gasteiger partial charge in [-0.1, -0.05) is 133 Å². The van der Waals surface area contributed by atoms with Crippen LogP contribution in [-0.2, 0) is 0 Å². The van der Waals surface area contributed by atoms with Crippen molar-refractivity contribution in [3.63, 3.8) is 0 Å². The molecule has 53 heavy (non-hydrogen) atoms. The normalized spacial score (nSPS) is 12.2. The van der Waals surface area contributed by atoms with Gasteiger partial charge < -0.3 is 4.42 Å². The van der Waals surface area contributed by atoms with Gasteiger partial charge in [0.25, 0.3) is 0 Å². The molecule has 8 aromatic carbocycles. The smallest absolute Gasteiger partial charge is 0.235 e. The zero-order valence-corrected chi connectivity index (χ0v) is 29.1. The maximum atomic E-state index is 6.45. The minimum absolute atomic E-state index is 0.665. The minimum atomic E-state index is 0.665. The van der Waals surface area contributed by atoms with Crippen molar-refractivity contribution in [2.24, 2.45) is 0 Å². The van der Waals surface area contributed by atoms with Crippen molar-refractivity contribution in [3.05, 3.63) is 164 Å². The van der Waals surface area contributed by atoms with Gasteiger partial charge in [-0.05, 0) is 57.4 Å². The van der Waals surface area contributed by atoms with E-state index in [1.807, 2.05) is 12.1 Å². The molecule has 0 aliphatic carbocycles. The lowest BCUT2D eigenvalue weighted by atomic mass is 10.0. The molecule has 4 nitrogen and oxygen atoms in total. The van der Waals surface area contributed by atoms with Crippen LogP contribution >= 0.6 is 11.3 Å². The number of hydrogen-bond acceptors (Lipinski definition) is 4. The number of rotatable bonds is 3. The van der Waals surface area contributed by atoms with E-state index in [0.29, 0.717) is 5.95 Å². The summed E-state index contributed by atoms with van der Waals surface area (Å²) in [6.07, 6.45) is 0. The van der Waals surface area contributed by atoms with Crippen LogP contribution in [0.4, 0.5) is 0 Å². The lowest BCUT2D eigenvalue weighted by molar-refractivity contribution is 0.670. The van der Waals surface area contributed by atoms with Crippen LogP contribution in [0, 0.1) is 0 Å². The van der Waals surface area contributed by atoms with Crippen molar-refractivity contribution in [3.8, 4) is 28.3 Å². The van der Waals surface area contributed by atoms with Gasteiger partial charge in [0, 0.05) is 42.8 Å². The zero-order valence-electron chi connectivity index (χ0n) is 28.2. The molecule has 0 amide bonds. The Morgan fingerprint density at radius 3 is 2.13 bits per heavy atom. The highest BCUT2D eigenvalue weighted by Crippen LogP contribution is 2.44. The summed E-state index contributed by atoms with van der Waals surface area (Å²) in [6, 6.07) is 58.2. The third kappa shape index (κ3) is 4.17. The lowest BCUT2D eigenvalue weighted by Gasteiger charge is -2.10. The second kappa shape index (κ2) is 10.8. The van der Waals surface area contributed by atoms with Crippen molar-refractivity contribution in [2.75, 3.05) is 0 Å². The molecule has 0 radical (unpaired) electrons. The van der Waals surface area contributed by atoms with E-state index < -0.39 is 0 Å². The van der Waals surface area contributed by atoms with Crippen LogP contribution in [0.2, 0.25) is 0 Å². The number of para-hydroxylation sites is 2. The van der Waals surface area contributed by atoms with Crippen LogP contribution in [0.25, 0.3) is 114 Å². The van der Waals surface area contributed by atoms with Gasteiger partial charge in [-0.15, -0.1) is 11.3 Å². The van der Waals surface area contributed by atoms with Crippen molar-refractivity contribution in [1.82, 2.24) is 14.5 Å². The number of furan rings is 1. The zero-order chi connectivity index (χ0) is 34.6. The van der Waals surface area contributed by atoms with E-state index in [0.717, 1.165) is 75.7 Å². The Hall–Kier alpha value is -6.82. The molecule has 0 N–H and O–H groups in total. The van der Waals surface area contributed by atoms with E-state index >= 15 is 0 Å². The van der Waals surface area contributed by atoms with Gasteiger partial charge in [0.1, 0.15) is 11.2 Å². The summed E-state index contributed by atoms with van der Waals surface area (Å²) < 4.78 is 11.0. The Bertz CT molecular complexity index is 3460. The first-order valence-electron chi connectivity index (χ1n) is 17.8. The van der Waals surface area contributed by atoms with Crippen molar-refractivity contribution < 1.29 is 4.42 Å². The summed E-state index contributed by atoms with van der Waals surface area (Å²) in [5.41, 5.74) is 9.15. The van der Waals surface area contributed by atoms with Crippen molar-refractivity contribution in [2.45, 2.75) is 0 Å². The topological polar surface area (TPSA) is 43.9 Å². The van der Waals surface area contributed by atoms with Gasteiger partial charge in [-0.2, -0.15) is 0 Å². The SMILES string of the molecule is c1ccc(-c2nc(-n3c4cc5ccccc5cc4c4c5ccccc5ccc43)nc3c2sc2cc(-c4cccc5c4oc4ccccc45)ccc23)cc1. The van der Waals surface area contributed by atoms with Gasteiger partial charge in [0.05, 0.1) is 26.9 Å². The number of aromatic nitrogens is 3. The Morgan fingerprint density at radius 2 is 1.25 bits per heavy atom. The molecule has 5 heteroatoms. The molecule has 0 unspecified atom stereocenters. The first kappa shape index (κ1) is 28.8. The lowest BCUT2D eigenvalue weighted by Crippen LogP contribution is -2.02.